The van der Waals surface area contributed by atoms with Gasteiger partial charge in [0, 0.05) is 5.69 Å². The van der Waals surface area contributed by atoms with Crippen molar-refractivity contribution >= 4 is 11.6 Å². The van der Waals surface area contributed by atoms with Gasteiger partial charge >= 0.3 is 0 Å². The van der Waals surface area contributed by atoms with E-state index in [0.717, 1.165) is 30.2 Å². The zero-order valence-electron chi connectivity index (χ0n) is 17.6. The monoisotopic (exact) mass is 390 g/mol. The van der Waals surface area contributed by atoms with Crippen molar-refractivity contribution < 1.29 is 13.9 Å². The summed E-state index contributed by atoms with van der Waals surface area (Å²) in [6.07, 6.45) is 9.30. The van der Waals surface area contributed by atoms with Crippen molar-refractivity contribution in [3.05, 3.63) is 53.8 Å². The molecule has 1 saturated carbocycles. The number of primary amides is 1. The number of alkyl halides is 1. The van der Waals surface area contributed by atoms with Gasteiger partial charge < -0.3 is 15.8 Å². The van der Waals surface area contributed by atoms with Crippen LogP contribution in [0.3, 0.4) is 0 Å². The highest BCUT2D eigenvalue weighted by molar-refractivity contribution is 5.78. The van der Waals surface area contributed by atoms with Gasteiger partial charge in [0.1, 0.15) is 11.9 Å². The molecule has 0 spiro atoms. The molecule has 0 bridgehead atoms. The number of aryl methyl sites for hydroxylation is 1. The lowest BCUT2D eigenvalue weighted by atomic mass is 9.89. The summed E-state index contributed by atoms with van der Waals surface area (Å²) in [7, 11) is 0. The molecule has 28 heavy (non-hydrogen) atoms. The van der Waals surface area contributed by atoms with Crippen LogP contribution >= 0.6 is 0 Å². The van der Waals surface area contributed by atoms with Crippen LogP contribution in [0.25, 0.3) is 0 Å². The van der Waals surface area contributed by atoms with E-state index in [1.54, 1.807) is 6.08 Å². The van der Waals surface area contributed by atoms with Gasteiger partial charge in [0.05, 0.1) is 12.6 Å². The van der Waals surface area contributed by atoms with Crippen LogP contribution < -0.4 is 11.1 Å². The molecule has 0 heterocycles. The fourth-order valence-corrected chi connectivity index (χ4v) is 2.83. The van der Waals surface area contributed by atoms with Gasteiger partial charge in [-0.2, -0.15) is 0 Å². The Hall–Kier alpha value is -2.30. The molecule has 1 aliphatic rings. The van der Waals surface area contributed by atoms with E-state index in [1.165, 1.54) is 31.4 Å². The van der Waals surface area contributed by atoms with Crippen LogP contribution in [0.5, 0.6) is 0 Å². The Morgan fingerprint density at radius 2 is 1.89 bits per heavy atom. The Bertz CT molecular complexity index is 631. The average Bonchev–Trinajstić information content (AvgIpc) is 2.66. The second-order valence-electron chi connectivity index (χ2n) is 7.41. The molecule has 3 N–H and O–H groups in total. The van der Waals surface area contributed by atoms with Crippen LogP contribution in [-0.2, 0) is 9.53 Å². The maximum Gasteiger partial charge on any atom is 0.236 e. The first-order chi connectivity index (χ1) is 13.3. The average molecular weight is 391 g/mol. The number of hydrogen-bond donors (Lipinski definition) is 2. The van der Waals surface area contributed by atoms with Gasteiger partial charge in [-0.3, -0.25) is 4.79 Å². The van der Waals surface area contributed by atoms with Crippen LogP contribution in [-0.4, -0.2) is 24.7 Å². The highest BCUT2D eigenvalue weighted by Crippen LogP contribution is 2.27. The molecule has 0 aliphatic heterocycles. The molecule has 1 fully saturated rings. The van der Waals surface area contributed by atoms with Gasteiger partial charge in [-0.25, -0.2) is 4.39 Å². The molecule has 156 valence electrons. The third kappa shape index (κ3) is 10.8. The summed E-state index contributed by atoms with van der Waals surface area (Å²) < 4.78 is 18.5. The van der Waals surface area contributed by atoms with Crippen molar-refractivity contribution in [1.82, 2.24) is 0 Å². The largest absolute Gasteiger partial charge is 0.491 e. The summed E-state index contributed by atoms with van der Waals surface area (Å²) in [6.45, 7) is 7.93. The fraction of sp³-hybridized carbons (Fsp3) is 0.522. The third-order valence-corrected chi connectivity index (χ3v) is 4.59. The molecule has 5 heteroatoms. The number of hydrogen-bond acceptors (Lipinski definition) is 3. The number of carbonyl (C=O) groups excluding carboxylic acids is 1. The molecular weight excluding hydrogens is 355 g/mol. The van der Waals surface area contributed by atoms with E-state index in [-0.39, 0.29) is 12.5 Å². The van der Waals surface area contributed by atoms with Crippen LogP contribution in [0.1, 0.15) is 52.0 Å². The first-order valence-corrected chi connectivity index (χ1v) is 10.0. The number of nitrogens with one attached hydrogen (secondary N) is 1. The minimum Gasteiger partial charge on any atom is -0.491 e. The Kier molecular flexibility index (Phi) is 11.0. The maximum absolute atomic E-state index is 12.7. The smallest absolute Gasteiger partial charge is 0.236 e. The van der Waals surface area contributed by atoms with Crippen LogP contribution in [0.2, 0.25) is 0 Å². The Morgan fingerprint density at radius 1 is 1.29 bits per heavy atom. The van der Waals surface area contributed by atoms with Crippen LogP contribution in [0, 0.1) is 12.8 Å². The van der Waals surface area contributed by atoms with Crippen molar-refractivity contribution in [1.29, 1.82) is 0 Å². The third-order valence-electron chi connectivity index (χ3n) is 4.59. The molecule has 1 aromatic rings. The molecule has 1 aromatic carbocycles. The number of halogens is 1. The second kappa shape index (κ2) is 13.0. The van der Waals surface area contributed by atoms with Crippen molar-refractivity contribution in [2.45, 2.75) is 65.7 Å². The van der Waals surface area contributed by atoms with Crippen molar-refractivity contribution in [3.8, 4) is 0 Å². The van der Waals surface area contributed by atoms with Gasteiger partial charge in [0.15, 0.2) is 0 Å². The molecule has 1 amide bonds. The zero-order valence-corrected chi connectivity index (χ0v) is 17.6. The predicted octanol–water partition coefficient (Wildman–Crippen LogP) is 5.29. The second-order valence-corrected chi connectivity index (χ2v) is 7.41. The highest BCUT2D eigenvalue weighted by atomic mass is 19.1. The molecular formula is C23H35FN2O2. The number of allylic oxidation sites excluding steroid dienone is 3. The van der Waals surface area contributed by atoms with E-state index in [1.807, 2.05) is 44.2 Å². The Labute approximate surface area is 169 Å². The summed E-state index contributed by atoms with van der Waals surface area (Å²) in [5.74, 6) is 1.27. The van der Waals surface area contributed by atoms with Gasteiger partial charge in [0.2, 0.25) is 5.91 Å². The number of benzene rings is 1. The zero-order chi connectivity index (χ0) is 20.9. The van der Waals surface area contributed by atoms with Crippen molar-refractivity contribution in [2.75, 3.05) is 11.9 Å². The topological polar surface area (TPSA) is 64.3 Å². The molecule has 1 atom stereocenters. The summed E-state index contributed by atoms with van der Waals surface area (Å²) in [4.78, 5) is 10.4. The lowest BCUT2D eigenvalue weighted by molar-refractivity contribution is -0.116. The van der Waals surface area contributed by atoms with Gasteiger partial charge in [0.25, 0.3) is 0 Å². The van der Waals surface area contributed by atoms with Gasteiger partial charge in [-0.15, -0.1) is 0 Å². The lowest BCUT2D eigenvalue weighted by Crippen LogP contribution is -2.21. The fourth-order valence-electron chi connectivity index (χ4n) is 2.83. The van der Waals surface area contributed by atoms with E-state index < -0.39 is 6.17 Å². The standard InChI is InChI=1S/C14H23FO.C9H12N2O/c1-4-13(10-7-12(3)15)16-14-8-5-11(2)6-9-14;1-7-2-4-8(5-3-7)11-6-9(10)12/h4,7,10-12,14H,5-6,8-9H2,1-3H3;2-5,11H,6H2,1H3,(H2,10,12)/b10-7-,13-4+;. The molecule has 4 nitrogen and oxygen atoms in total. The number of amides is 1. The van der Waals surface area contributed by atoms with E-state index in [0.29, 0.717) is 6.10 Å². The molecule has 2 rings (SSSR count). The number of nitrogens with two attached hydrogens (primary N) is 1. The van der Waals surface area contributed by atoms with Crippen LogP contribution in [0.4, 0.5) is 10.1 Å². The first kappa shape index (κ1) is 23.7. The number of carbonyl (C=O) groups is 1. The predicted molar refractivity (Wildman–Crippen MR) is 115 cm³/mol. The van der Waals surface area contributed by atoms with Gasteiger partial charge in [-0.05, 0) is 82.7 Å². The van der Waals surface area contributed by atoms with E-state index in [9.17, 15) is 9.18 Å². The van der Waals surface area contributed by atoms with Gasteiger partial charge in [-0.1, -0.05) is 24.6 Å². The molecule has 0 saturated heterocycles. The van der Waals surface area contributed by atoms with Crippen LogP contribution in [0.15, 0.2) is 48.3 Å². The summed E-state index contributed by atoms with van der Waals surface area (Å²) >= 11 is 0. The number of anilines is 1. The van der Waals surface area contributed by atoms with Crippen molar-refractivity contribution in [3.63, 3.8) is 0 Å². The molecule has 1 unspecified atom stereocenters. The Morgan fingerprint density at radius 3 is 2.39 bits per heavy atom. The van der Waals surface area contributed by atoms with E-state index in [4.69, 9.17) is 10.5 Å². The molecule has 1 aliphatic carbocycles. The van der Waals surface area contributed by atoms with E-state index in [2.05, 4.69) is 12.2 Å². The minimum atomic E-state index is -0.912. The quantitative estimate of drug-likeness (QED) is 0.491. The maximum atomic E-state index is 12.7. The lowest BCUT2D eigenvalue weighted by Gasteiger charge is -2.27. The number of rotatable bonds is 7. The number of ether oxygens (including phenoxy) is 1. The Balaban J connectivity index is 0.000000292. The summed E-state index contributed by atoms with van der Waals surface area (Å²) in [5.41, 5.74) is 7.08. The molecule has 0 radical (unpaired) electrons. The summed E-state index contributed by atoms with van der Waals surface area (Å²) in [6, 6.07) is 7.78. The SMILES string of the molecule is C/C=C(\C=C/C(C)F)OC1CCC(C)CC1.Cc1ccc(NCC(N)=O)cc1. The highest BCUT2D eigenvalue weighted by Gasteiger charge is 2.19. The normalized spacial score (nSPS) is 20.8. The first-order valence-electron chi connectivity index (χ1n) is 10.0. The van der Waals surface area contributed by atoms with Crippen molar-refractivity contribution in [2.24, 2.45) is 11.7 Å². The minimum absolute atomic E-state index is 0.184. The van der Waals surface area contributed by atoms with E-state index >= 15 is 0 Å². The summed E-state index contributed by atoms with van der Waals surface area (Å²) in [5, 5.41) is 2.90. The molecule has 0 aromatic heterocycles.